The first-order valence-electron chi connectivity index (χ1n) is 6.64. The van der Waals surface area contributed by atoms with Crippen LogP contribution < -0.4 is 0 Å². The molecule has 1 aliphatic rings. The van der Waals surface area contributed by atoms with Gasteiger partial charge in [-0.25, -0.2) is 0 Å². The Hall–Kier alpha value is -1.05. The summed E-state index contributed by atoms with van der Waals surface area (Å²) in [5.74, 6) is 0.363. The minimum Gasteiger partial charge on any atom is -0.465 e. The lowest BCUT2D eigenvalue weighted by atomic mass is 9.82. The van der Waals surface area contributed by atoms with Gasteiger partial charge < -0.3 is 4.74 Å². The predicted octanol–water partition coefficient (Wildman–Crippen LogP) is 3.88. The first-order valence-corrected chi connectivity index (χ1v) is 6.64. The van der Waals surface area contributed by atoms with Crippen molar-refractivity contribution in [2.45, 2.75) is 46.5 Å². The van der Waals surface area contributed by atoms with E-state index in [0.29, 0.717) is 12.5 Å². The third kappa shape index (κ3) is 4.76. The van der Waals surface area contributed by atoms with Crippen molar-refractivity contribution in [3.8, 4) is 0 Å². The van der Waals surface area contributed by atoms with Gasteiger partial charge in [-0.3, -0.25) is 4.79 Å². The standard InChI is InChI=1S/C15H24O2/c1-4-5-6-7-10-17-15(16)14-9-8-12(2)11-13(14)3/h5-6,11,13-14H,4,7-10H2,1-3H3/b6-5+. The predicted molar refractivity (Wildman–Crippen MR) is 70.7 cm³/mol. The van der Waals surface area contributed by atoms with Crippen molar-refractivity contribution < 1.29 is 9.53 Å². The zero-order valence-electron chi connectivity index (χ0n) is 11.2. The van der Waals surface area contributed by atoms with Crippen molar-refractivity contribution in [1.82, 2.24) is 0 Å². The Morgan fingerprint density at radius 2 is 2.29 bits per heavy atom. The first-order chi connectivity index (χ1) is 8.15. The molecular formula is C15H24O2. The zero-order valence-corrected chi connectivity index (χ0v) is 11.2. The number of esters is 1. The van der Waals surface area contributed by atoms with Crippen LogP contribution in [0, 0.1) is 11.8 Å². The Kier molecular flexibility index (Phi) is 6.03. The highest BCUT2D eigenvalue weighted by molar-refractivity contribution is 5.73. The van der Waals surface area contributed by atoms with Crippen LogP contribution in [0.2, 0.25) is 0 Å². The number of hydrogen-bond donors (Lipinski definition) is 0. The largest absolute Gasteiger partial charge is 0.465 e. The molecule has 2 nitrogen and oxygen atoms in total. The quantitative estimate of drug-likeness (QED) is 0.411. The summed E-state index contributed by atoms with van der Waals surface area (Å²) in [6.07, 6.45) is 10.2. The minimum atomic E-state index is -0.0221. The van der Waals surface area contributed by atoms with Gasteiger partial charge in [-0.05, 0) is 38.5 Å². The van der Waals surface area contributed by atoms with Gasteiger partial charge in [0, 0.05) is 0 Å². The SMILES string of the molecule is CC/C=C/CCOC(=O)C1CCC(C)=CC1C. The molecule has 0 amide bonds. The van der Waals surface area contributed by atoms with E-state index < -0.39 is 0 Å². The van der Waals surface area contributed by atoms with Gasteiger partial charge in [-0.15, -0.1) is 0 Å². The summed E-state index contributed by atoms with van der Waals surface area (Å²) in [5.41, 5.74) is 1.40. The van der Waals surface area contributed by atoms with E-state index in [9.17, 15) is 4.79 Å². The van der Waals surface area contributed by atoms with Gasteiger partial charge in [0.2, 0.25) is 0 Å². The van der Waals surface area contributed by atoms with Crippen LogP contribution in [-0.4, -0.2) is 12.6 Å². The molecule has 0 saturated carbocycles. The molecule has 0 saturated heterocycles. The Morgan fingerprint density at radius 3 is 2.94 bits per heavy atom. The van der Waals surface area contributed by atoms with Gasteiger partial charge in [0.25, 0.3) is 0 Å². The normalized spacial score (nSPS) is 24.8. The third-order valence-electron chi connectivity index (χ3n) is 3.27. The second-order valence-electron chi connectivity index (χ2n) is 4.85. The Labute approximate surface area is 105 Å². The number of allylic oxidation sites excluding steroid dienone is 3. The van der Waals surface area contributed by atoms with E-state index in [0.717, 1.165) is 25.7 Å². The fourth-order valence-corrected chi connectivity index (χ4v) is 2.25. The lowest BCUT2D eigenvalue weighted by Crippen LogP contribution is -2.26. The smallest absolute Gasteiger partial charge is 0.309 e. The fourth-order valence-electron chi connectivity index (χ4n) is 2.25. The van der Waals surface area contributed by atoms with Crippen LogP contribution in [0.5, 0.6) is 0 Å². The summed E-state index contributed by atoms with van der Waals surface area (Å²) in [6, 6.07) is 0. The van der Waals surface area contributed by atoms with Crippen LogP contribution in [0.1, 0.15) is 46.5 Å². The molecule has 0 bridgehead atoms. The molecule has 1 rings (SSSR count). The molecule has 17 heavy (non-hydrogen) atoms. The van der Waals surface area contributed by atoms with Gasteiger partial charge in [-0.2, -0.15) is 0 Å². The first kappa shape index (κ1) is 14.0. The average molecular weight is 236 g/mol. The molecule has 2 unspecified atom stereocenters. The maximum absolute atomic E-state index is 11.9. The maximum atomic E-state index is 11.9. The summed E-state index contributed by atoms with van der Waals surface area (Å²) in [7, 11) is 0. The van der Waals surface area contributed by atoms with Crippen LogP contribution in [0.15, 0.2) is 23.8 Å². The van der Waals surface area contributed by atoms with E-state index >= 15 is 0 Å². The summed E-state index contributed by atoms with van der Waals surface area (Å²) in [6.45, 7) is 6.85. The molecular weight excluding hydrogens is 212 g/mol. The second kappa shape index (κ2) is 7.31. The molecule has 96 valence electrons. The van der Waals surface area contributed by atoms with Crippen LogP contribution in [0.25, 0.3) is 0 Å². The summed E-state index contributed by atoms with van der Waals surface area (Å²) in [5, 5.41) is 0. The number of hydrogen-bond acceptors (Lipinski definition) is 2. The molecule has 0 aliphatic heterocycles. The van der Waals surface area contributed by atoms with Gasteiger partial charge >= 0.3 is 5.97 Å². The Bertz CT molecular complexity index is 302. The molecule has 2 atom stereocenters. The summed E-state index contributed by atoms with van der Waals surface area (Å²) in [4.78, 5) is 11.9. The monoisotopic (exact) mass is 236 g/mol. The van der Waals surface area contributed by atoms with Crippen molar-refractivity contribution in [3.63, 3.8) is 0 Å². The van der Waals surface area contributed by atoms with Crippen LogP contribution in [-0.2, 0) is 9.53 Å². The average Bonchev–Trinajstić information content (AvgIpc) is 2.28. The van der Waals surface area contributed by atoms with Crippen molar-refractivity contribution in [3.05, 3.63) is 23.8 Å². The number of carbonyl (C=O) groups is 1. The topological polar surface area (TPSA) is 26.3 Å². The summed E-state index contributed by atoms with van der Waals surface area (Å²) < 4.78 is 5.31. The van der Waals surface area contributed by atoms with Crippen molar-refractivity contribution in [2.75, 3.05) is 6.61 Å². The minimum absolute atomic E-state index is 0.0221. The number of ether oxygens (including phenoxy) is 1. The second-order valence-corrected chi connectivity index (χ2v) is 4.85. The highest BCUT2D eigenvalue weighted by Gasteiger charge is 2.27. The molecule has 0 aromatic heterocycles. The van der Waals surface area contributed by atoms with Crippen molar-refractivity contribution in [2.24, 2.45) is 11.8 Å². The molecule has 0 heterocycles. The number of rotatable bonds is 5. The molecule has 0 radical (unpaired) electrons. The lowest BCUT2D eigenvalue weighted by Gasteiger charge is -2.25. The molecule has 0 fully saturated rings. The Morgan fingerprint density at radius 1 is 1.53 bits per heavy atom. The van der Waals surface area contributed by atoms with Crippen LogP contribution >= 0.6 is 0 Å². The van der Waals surface area contributed by atoms with Gasteiger partial charge in [0.1, 0.15) is 0 Å². The van der Waals surface area contributed by atoms with E-state index in [1.165, 1.54) is 5.57 Å². The maximum Gasteiger partial charge on any atom is 0.309 e. The third-order valence-corrected chi connectivity index (χ3v) is 3.27. The number of carbonyl (C=O) groups excluding carboxylic acids is 1. The van der Waals surface area contributed by atoms with E-state index in [-0.39, 0.29) is 11.9 Å². The van der Waals surface area contributed by atoms with Crippen LogP contribution in [0.4, 0.5) is 0 Å². The lowest BCUT2D eigenvalue weighted by molar-refractivity contribution is -0.150. The van der Waals surface area contributed by atoms with Gasteiger partial charge in [-0.1, -0.05) is 37.6 Å². The highest BCUT2D eigenvalue weighted by Crippen LogP contribution is 2.29. The highest BCUT2D eigenvalue weighted by atomic mass is 16.5. The van der Waals surface area contributed by atoms with E-state index in [2.05, 4.69) is 39.0 Å². The van der Waals surface area contributed by atoms with Gasteiger partial charge in [0.15, 0.2) is 0 Å². The molecule has 0 aromatic rings. The van der Waals surface area contributed by atoms with E-state index in [1.807, 2.05) is 0 Å². The molecule has 0 N–H and O–H groups in total. The molecule has 0 spiro atoms. The summed E-state index contributed by atoms with van der Waals surface area (Å²) >= 11 is 0. The molecule has 0 aromatic carbocycles. The van der Waals surface area contributed by atoms with Crippen LogP contribution in [0.3, 0.4) is 0 Å². The molecule has 2 heteroatoms. The van der Waals surface area contributed by atoms with E-state index in [4.69, 9.17) is 4.74 Å². The zero-order chi connectivity index (χ0) is 12.7. The van der Waals surface area contributed by atoms with Crippen molar-refractivity contribution in [1.29, 1.82) is 0 Å². The Balaban J connectivity index is 2.31. The van der Waals surface area contributed by atoms with Crippen molar-refractivity contribution >= 4 is 5.97 Å². The fraction of sp³-hybridized carbons (Fsp3) is 0.667. The van der Waals surface area contributed by atoms with Gasteiger partial charge in [0.05, 0.1) is 12.5 Å². The van der Waals surface area contributed by atoms with E-state index in [1.54, 1.807) is 0 Å². The molecule has 1 aliphatic carbocycles.